The molecule has 0 aliphatic carbocycles. The first-order valence-corrected chi connectivity index (χ1v) is 7.34. The summed E-state index contributed by atoms with van der Waals surface area (Å²) in [6.07, 6.45) is 0. The van der Waals surface area contributed by atoms with E-state index in [0.29, 0.717) is 0 Å². The van der Waals surface area contributed by atoms with Gasteiger partial charge in [-0.1, -0.05) is 24.3 Å². The van der Waals surface area contributed by atoms with Gasteiger partial charge in [-0.2, -0.15) is 0 Å². The van der Waals surface area contributed by atoms with Crippen molar-refractivity contribution in [3.05, 3.63) is 54.1 Å². The summed E-state index contributed by atoms with van der Waals surface area (Å²) in [7, 11) is 1.71. The Morgan fingerprint density at radius 3 is 2.76 bits per heavy atom. The van der Waals surface area contributed by atoms with E-state index >= 15 is 0 Å². The van der Waals surface area contributed by atoms with Gasteiger partial charge in [0.25, 0.3) is 0 Å². The molecule has 3 nitrogen and oxygen atoms in total. The van der Waals surface area contributed by atoms with Gasteiger partial charge < -0.3 is 15.0 Å². The summed E-state index contributed by atoms with van der Waals surface area (Å²) in [5, 5.41) is 3.52. The van der Waals surface area contributed by atoms with Crippen LogP contribution in [-0.4, -0.2) is 19.2 Å². The topological polar surface area (TPSA) is 24.5 Å². The third-order valence-corrected chi connectivity index (χ3v) is 4.11. The number of methoxy groups -OCH3 is 1. The quantitative estimate of drug-likeness (QED) is 0.924. The van der Waals surface area contributed by atoms with Crippen LogP contribution in [-0.2, 0) is 6.54 Å². The largest absolute Gasteiger partial charge is 0.497 e. The Morgan fingerprint density at radius 2 is 1.95 bits per heavy atom. The normalized spacial score (nSPS) is 16.0. The van der Waals surface area contributed by atoms with E-state index in [1.54, 1.807) is 7.11 Å². The van der Waals surface area contributed by atoms with E-state index in [-0.39, 0.29) is 5.54 Å². The first kappa shape index (κ1) is 13.8. The Labute approximate surface area is 126 Å². The number of benzene rings is 2. The Kier molecular flexibility index (Phi) is 3.50. The number of rotatable bonds is 3. The fourth-order valence-electron chi connectivity index (χ4n) is 2.84. The van der Waals surface area contributed by atoms with Crippen LogP contribution < -0.4 is 15.0 Å². The van der Waals surface area contributed by atoms with Gasteiger partial charge in [-0.3, -0.25) is 0 Å². The lowest BCUT2D eigenvalue weighted by Crippen LogP contribution is -2.51. The summed E-state index contributed by atoms with van der Waals surface area (Å²) in [6.45, 7) is 6.36. The van der Waals surface area contributed by atoms with Crippen LogP contribution in [0.1, 0.15) is 19.4 Å². The monoisotopic (exact) mass is 282 g/mol. The highest BCUT2D eigenvalue weighted by atomic mass is 16.5. The maximum atomic E-state index is 5.33. The average Bonchev–Trinajstić information content (AvgIpc) is 2.50. The second-order valence-electron chi connectivity index (χ2n) is 6.12. The molecule has 1 aliphatic rings. The number of nitrogens with one attached hydrogen (secondary N) is 1. The lowest BCUT2D eigenvalue weighted by atomic mass is 9.96. The molecule has 0 amide bonds. The molecule has 0 fully saturated rings. The Morgan fingerprint density at radius 1 is 1.14 bits per heavy atom. The van der Waals surface area contributed by atoms with E-state index in [1.807, 2.05) is 6.07 Å². The standard InChI is InChI=1S/C18H22N2O/c1-18(2)13-19-16-9-4-5-10-17(16)20(18)12-14-7-6-8-15(11-14)21-3/h4-11,19H,12-13H2,1-3H3. The summed E-state index contributed by atoms with van der Waals surface area (Å²) in [5.74, 6) is 0.911. The molecule has 1 N–H and O–H groups in total. The minimum atomic E-state index is 0.0669. The van der Waals surface area contributed by atoms with Crippen LogP contribution in [0.15, 0.2) is 48.5 Å². The van der Waals surface area contributed by atoms with E-state index in [1.165, 1.54) is 16.9 Å². The van der Waals surface area contributed by atoms with Crippen LogP contribution in [0.4, 0.5) is 11.4 Å². The minimum absolute atomic E-state index is 0.0669. The van der Waals surface area contributed by atoms with Crippen LogP contribution in [0, 0.1) is 0 Å². The molecular weight excluding hydrogens is 260 g/mol. The molecule has 1 heterocycles. The van der Waals surface area contributed by atoms with Crippen molar-refractivity contribution in [2.24, 2.45) is 0 Å². The molecule has 2 aromatic rings. The van der Waals surface area contributed by atoms with E-state index < -0.39 is 0 Å². The van der Waals surface area contributed by atoms with E-state index in [0.717, 1.165) is 18.8 Å². The van der Waals surface area contributed by atoms with Gasteiger partial charge in [-0.25, -0.2) is 0 Å². The van der Waals surface area contributed by atoms with Gasteiger partial charge in [0, 0.05) is 13.1 Å². The predicted octanol–water partition coefficient (Wildman–Crippen LogP) is 3.91. The molecular formula is C18H22N2O. The molecule has 0 saturated carbocycles. The van der Waals surface area contributed by atoms with Crippen LogP contribution in [0.5, 0.6) is 5.75 Å². The summed E-state index contributed by atoms with van der Waals surface area (Å²) in [6, 6.07) is 16.8. The minimum Gasteiger partial charge on any atom is -0.497 e. The van der Waals surface area contributed by atoms with Gasteiger partial charge in [-0.15, -0.1) is 0 Å². The Hall–Kier alpha value is -2.16. The van der Waals surface area contributed by atoms with Crippen LogP contribution in [0.2, 0.25) is 0 Å². The first-order valence-electron chi connectivity index (χ1n) is 7.34. The maximum Gasteiger partial charge on any atom is 0.119 e. The molecule has 1 aliphatic heterocycles. The highest BCUT2D eigenvalue weighted by Gasteiger charge is 2.32. The molecule has 3 rings (SSSR count). The smallest absolute Gasteiger partial charge is 0.119 e. The number of nitrogens with zero attached hydrogens (tertiary/aromatic N) is 1. The average molecular weight is 282 g/mol. The van der Waals surface area contributed by atoms with Crippen molar-refractivity contribution in [2.45, 2.75) is 25.9 Å². The fraction of sp³-hybridized carbons (Fsp3) is 0.333. The number of fused-ring (bicyclic) bond motifs is 1. The first-order chi connectivity index (χ1) is 10.1. The molecule has 2 aromatic carbocycles. The van der Waals surface area contributed by atoms with Gasteiger partial charge in [-0.05, 0) is 43.7 Å². The zero-order valence-electron chi connectivity index (χ0n) is 12.9. The molecule has 0 unspecified atom stereocenters. The maximum absolute atomic E-state index is 5.33. The van der Waals surface area contributed by atoms with Crippen molar-refractivity contribution in [1.29, 1.82) is 0 Å². The van der Waals surface area contributed by atoms with Crippen molar-refractivity contribution < 1.29 is 4.74 Å². The molecule has 0 saturated heterocycles. The van der Waals surface area contributed by atoms with E-state index in [4.69, 9.17) is 4.74 Å². The lowest BCUT2D eigenvalue weighted by Gasteiger charge is -2.45. The second kappa shape index (κ2) is 5.32. The van der Waals surface area contributed by atoms with Crippen molar-refractivity contribution in [3.63, 3.8) is 0 Å². The number of hydrogen-bond donors (Lipinski definition) is 1. The molecule has 0 radical (unpaired) electrons. The van der Waals surface area contributed by atoms with Gasteiger partial charge in [0.2, 0.25) is 0 Å². The van der Waals surface area contributed by atoms with Crippen molar-refractivity contribution >= 4 is 11.4 Å². The fourth-order valence-corrected chi connectivity index (χ4v) is 2.84. The summed E-state index contributed by atoms with van der Waals surface area (Å²) in [4.78, 5) is 2.47. The lowest BCUT2D eigenvalue weighted by molar-refractivity contribution is 0.413. The molecule has 0 bridgehead atoms. The van der Waals surface area contributed by atoms with E-state index in [2.05, 4.69) is 66.5 Å². The SMILES string of the molecule is COc1cccc(CN2c3ccccc3NCC2(C)C)c1. The van der Waals surface area contributed by atoms with Gasteiger partial charge in [0.05, 0.1) is 24.0 Å². The molecule has 0 atom stereocenters. The third kappa shape index (κ3) is 2.68. The highest BCUT2D eigenvalue weighted by Crippen LogP contribution is 2.37. The number of para-hydroxylation sites is 2. The molecule has 3 heteroatoms. The number of hydrogen-bond acceptors (Lipinski definition) is 3. The second-order valence-corrected chi connectivity index (χ2v) is 6.12. The number of anilines is 2. The Bertz CT molecular complexity index is 637. The summed E-state index contributed by atoms with van der Waals surface area (Å²) < 4.78 is 5.33. The van der Waals surface area contributed by atoms with Gasteiger partial charge >= 0.3 is 0 Å². The van der Waals surface area contributed by atoms with Crippen molar-refractivity contribution in [2.75, 3.05) is 23.9 Å². The molecule has 110 valence electrons. The van der Waals surface area contributed by atoms with Crippen LogP contribution in [0.25, 0.3) is 0 Å². The van der Waals surface area contributed by atoms with E-state index in [9.17, 15) is 0 Å². The molecule has 0 aromatic heterocycles. The summed E-state index contributed by atoms with van der Waals surface area (Å²) in [5.41, 5.74) is 3.80. The van der Waals surface area contributed by atoms with Crippen molar-refractivity contribution in [3.8, 4) is 5.75 Å². The van der Waals surface area contributed by atoms with Gasteiger partial charge in [0.15, 0.2) is 0 Å². The number of ether oxygens (including phenoxy) is 1. The van der Waals surface area contributed by atoms with Crippen molar-refractivity contribution in [1.82, 2.24) is 0 Å². The van der Waals surface area contributed by atoms with Crippen LogP contribution >= 0.6 is 0 Å². The highest BCUT2D eigenvalue weighted by molar-refractivity contribution is 5.73. The zero-order valence-corrected chi connectivity index (χ0v) is 12.9. The van der Waals surface area contributed by atoms with Crippen LogP contribution in [0.3, 0.4) is 0 Å². The molecule has 21 heavy (non-hydrogen) atoms. The Balaban J connectivity index is 1.95. The van der Waals surface area contributed by atoms with Gasteiger partial charge in [0.1, 0.15) is 5.75 Å². The summed E-state index contributed by atoms with van der Waals surface area (Å²) >= 11 is 0. The zero-order chi connectivity index (χ0) is 14.9. The third-order valence-electron chi connectivity index (χ3n) is 4.11. The molecule has 0 spiro atoms. The predicted molar refractivity (Wildman–Crippen MR) is 88.2 cm³/mol.